The van der Waals surface area contributed by atoms with Crippen LogP contribution < -0.4 is 0 Å². The monoisotopic (exact) mass is 265 g/mol. The number of nitriles is 1. The molecule has 0 fully saturated rings. The second kappa shape index (κ2) is 4.36. The van der Waals surface area contributed by atoms with Crippen LogP contribution in [0, 0.1) is 18.3 Å². The van der Waals surface area contributed by atoms with Crippen molar-refractivity contribution in [3.63, 3.8) is 0 Å². The Morgan fingerprint density at radius 2 is 2.00 bits per heavy atom. The summed E-state index contributed by atoms with van der Waals surface area (Å²) in [5.41, 5.74) is -0.785. The van der Waals surface area contributed by atoms with Crippen molar-refractivity contribution in [2.45, 2.75) is 18.2 Å². The van der Waals surface area contributed by atoms with E-state index in [9.17, 15) is 17.2 Å². The van der Waals surface area contributed by atoms with Crippen LogP contribution in [0.1, 0.15) is 23.1 Å². The highest BCUT2D eigenvalue weighted by molar-refractivity contribution is 8.13. The van der Waals surface area contributed by atoms with E-state index >= 15 is 0 Å². The molecule has 1 aromatic carbocycles. The van der Waals surface area contributed by atoms with Gasteiger partial charge in [0.1, 0.15) is 0 Å². The Morgan fingerprint density at radius 3 is 2.38 bits per heavy atom. The van der Waals surface area contributed by atoms with Crippen molar-refractivity contribution in [3.8, 4) is 6.07 Å². The second-order valence-electron chi connectivity index (χ2n) is 3.00. The minimum absolute atomic E-state index is 0.000586. The summed E-state index contributed by atoms with van der Waals surface area (Å²) in [6, 6.07) is 3.76. The van der Waals surface area contributed by atoms with Crippen molar-refractivity contribution >= 4 is 19.7 Å². The van der Waals surface area contributed by atoms with Crippen molar-refractivity contribution in [3.05, 3.63) is 28.8 Å². The van der Waals surface area contributed by atoms with Crippen LogP contribution in [-0.2, 0) is 9.05 Å². The lowest BCUT2D eigenvalue weighted by atomic mass is 10.0. The molecular weight excluding hydrogens is 260 g/mol. The van der Waals surface area contributed by atoms with Gasteiger partial charge >= 0.3 is 0 Å². The maximum atomic E-state index is 12.7. The standard InChI is InChI=1S/C9H6ClF2NO2S/c1-5-6(4-13)2-3-7(16(10,14)15)8(5)9(11)12/h2-3,9H,1H3. The molecule has 16 heavy (non-hydrogen) atoms. The van der Waals surface area contributed by atoms with Gasteiger partial charge in [-0.25, -0.2) is 17.2 Å². The third-order valence-corrected chi connectivity index (χ3v) is 3.46. The van der Waals surface area contributed by atoms with Crippen LogP contribution in [0.15, 0.2) is 17.0 Å². The van der Waals surface area contributed by atoms with Crippen molar-refractivity contribution in [2.75, 3.05) is 0 Å². The predicted molar refractivity (Wildman–Crippen MR) is 53.9 cm³/mol. The molecule has 0 atom stereocenters. The van der Waals surface area contributed by atoms with E-state index in [1.54, 1.807) is 6.07 Å². The number of hydrogen-bond donors (Lipinski definition) is 0. The average Bonchev–Trinajstić information content (AvgIpc) is 2.15. The molecule has 1 rings (SSSR count). The highest BCUT2D eigenvalue weighted by Crippen LogP contribution is 2.32. The number of benzene rings is 1. The summed E-state index contributed by atoms with van der Waals surface area (Å²) in [5, 5.41) is 8.64. The third kappa shape index (κ3) is 2.31. The molecule has 3 nitrogen and oxygen atoms in total. The molecule has 0 radical (unpaired) electrons. The van der Waals surface area contributed by atoms with E-state index in [2.05, 4.69) is 0 Å². The maximum absolute atomic E-state index is 12.7. The van der Waals surface area contributed by atoms with E-state index in [1.165, 1.54) is 6.92 Å². The fourth-order valence-corrected chi connectivity index (χ4v) is 2.45. The van der Waals surface area contributed by atoms with Crippen LogP contribution in [0.4, 0.5) is 8.78 Å². The lowest BCUT2D eigenvalue weighted by Crippen LogP contribution is -2.03. The zero-order valence-electron chi connectivity index (χ0n) is 8.04. The summed E-state index contributed by atoms with van der Waals surface area (Å²) in [7, 11) is 0.788. The van der Waals surface area contributed by atoms with Gasteiger partial charge in [0.15, 0.2) is 0 Å². The van der Waals surface area contributed by atoms with Crippen molar-refractivity contribution in [1.29, 1.82) is 5.26 Å². The maximum Gasteiger partial charge on any atom is 0.265 e. The van der Waals surface area contributed by atoms with Gasteiger partial charge < -0.3 is 0 Å². The van der Waals surface area contributed by atoms with E-state index in [-0.39, 0.29) is 11.1 Å². The van der Waals surface area contributed by atoms with Gasteiger partial charge in [0, 0.05) is 16.2 Å². The first-order chi connectivity index (χ1) is 7.29. The van der Waals surface area contributed by atoms with E-state index in [4.69, 9.17) is 15.9 Å². The largest absolute Gasteiger partial charge is 0.265 e. The minimum Gasteiger partial charge on any atom is -0.207 e. The van der Waals surface area contributed by atoms with Gasteiger partial charge in [-0.2, -0.15) is 5.26 Å². The Kier molecular flexibility index (Phi) is 3.51. The van der Waals surface area contributed by atoms with Gasteiger partial charge in [-0.05, 0) is 24.6 Å². The van der Waals surface area contributed by atoms with E-state index in [0.29, 0.717) is 0 Å². The van der Waals surface area contributed by atoms with Crippen LogP contribution in [0.25, 0.3) is 0 Å². The van der Waals surface area contributed by atoms with Gasteiger partial charge in [-0.15, -0.1) is 0 Å². The number of halogens is 3. The van der Waals surface area contributed by atoms with Gasteiger partial charge in [0.2, 0.25) is 0 Å². The van der Waals surface area contributed by atoms with Crippen molar-refractivity contribution in [1.82, 2.24) is 0 Å². The number of rotatable bonds is 2. The highest BCUT2D eigenvalue weighted by Gasteiger charge is 2.25. The molecule has 0 heterocycles. The smallest absolute Gasteiger partial charge is 0.207 e. The molecule has 0 aliphatic rings. The zero-order valence-corrected chi connectivity index (χ0v) is 9.61. The first-order valence-corrected chi connectivity index (χ1v) is 6.36. The van der Waals surface area contributed by atoms with Crippen LogP contribution in [0.5, 0.6) is 0 Å². The van der Waals surface area contributed by atoms with Crippen LogP contribution >= 0.6 is 10.7 Å². The van der Waals surface area contributed by atoms with Crippen LogP contribution in [0.3, 0.4) is 0 Å². The SMILES string of the molecule is Cc1c(C#N)ccc(S(=O)(=O)Cl)c1C(F)F. The molecule has 0 aliphatic heterocycles. The van der Waals surface area contributed by atoms with Gasteiger partial charge in [-0.3, -0.25) is 0 Å². The first-order valence-electron chi connectivity index (χ1n) is 4.05. The van der Waals surface area contributed by atoms with Crippen LogP contribution in [0.2, 0.25) is 0 Å². The molecular formula is C9H6ClF2NO2S. The lowest BCUT2D eigenvalue weighted by molar-refractivity contribution is 0.147. The Morgan fingerprint density at radius 1 is 1.44 bits per heavy atom. The third-order valence-electron chi connectivity index (χ3n) is 2.08. The van der Waals surface area contributed by atoms with E-state index < -0.39 is 25.9 Å². The molecule has 0 saturated carbocycles. The van der Waals surface area contributed by atoms with Crippen LogP contribution in [-0.4, -0.2) is 8.42 Å². The minimum atomic E-state index is -4.24. The lowest BCUT2D eigenvalue weighted by Gasteiger charge is -2.10. The molecule has 7 heteroatoms. The number of hydrogen-bond acceptors (Lipinski definition) is 3. The molecule has 0 N–H and O–H groups in total. The first kappa shape index (κ1) is 12.9. The Labute approximate surface area is 95.7 Å². The fraction of sp³-hybridized carbons (Fsp3) is 0.222. The topological polar surface area (TPSA) is 57.9 Å². The summed E-state index contributed by atoms with van der Waals surface area (Å²) in [6.45, 7) is 1.26. The summed E-state index contributed by atoms with van der Waals surface area (Å²) in [6.07, 6.45) is -3.00. The molecule has 0 saturated heterocycles. The quantitative estimate of drug-likeness (QED) is 0.773. The summed E-state index contributed by atoms with van der Waals surface area (Å²) >= 11 is 0. The molecule has 0 aromatic heterocycles. The van der Waals surface area contributed by atoms with Crippen molar-refractivity contribution < 1.29 is 17.2 Å². The fourth-order valence-electron chi connectivity index (χ4n) is 1.31. The predicted octanol–water partition coefficient (Wildman–Crippen LogP) is 2.73. The molecule has 0 aliphatic carbocycles. The summed E-state index contributed by atoms with van der Waals surface area (Å²) < 4.78 is 47.5. The highest BCUT2D eigenvalue weighted by atomic mass is 35.7. The Balaban J connectivity index is 3.69. The van der Waals surface area contributed by atoms with Gasteiger partial charge in [0.05, 0.1) is 16.5 Å². The molecule has 0 bridgehead atoms. The Hall–Kier alpha value is -1.19. The second-order valence-corrected chi connectivity index (χ2v) is 5.53. The van der Waals surface area contributed by atoms with Crippen molar-refractivity contribution in [2.24, 2.45) is 0 Å². The number of alkyl halides is 2. The average molecular weight is 266 g/mol. The van der Waals surface area contributed by atoms with Gasteiger partial charge in [0.25, 0.3) is 15.5 Å². The zero-order chi connectivity index (χ0) is 12.5. The summed E-state index contributed by atoms with van der Waals surface area (Å²) in [5.74, 6) is 0. The molecule has 0 unspecified atom stereocenters. The normalized spacial score (nSPS) is 11.5. The molecule has 86 valence electrons. The molecule has 0 amide bonds. The van der Waals surface area contributed by atoms with Gasteiger partial charge in [-0.1, -0.05) is 0 Å². The molecule has 1 aromatic rings. The molecule has 0 spiro atoms. The van der Waals surface area contributed by atoms with E-state index in [0.717, 1.165) is 12.1 Å². The Bertz CT molecular complexity index is 564. The number of nitrogens with zero attached hydrogens (tertiary/aromatic N) is 1. The van der Waals surface area contributed by atoms with E-state index in [1.807, 2.05) is 0 Å². The summed E-state index contributed by atoms with van der Waals surface area (Å²) in [4.78, 5) is -0.652.